The molecule has 1 aromatic heterocycles. The van der Waals surface area contributed by atoms with Crippen LogP contribution in [0, 0.1) is 0 Å². The first-order valence-corrected chi connectivity index (χ1v) is 7.13. The van der Waals surface area contributed by atoms with E-state index in [1.165, 1.54) is 16.7 Å². The van der Waals surface area contributed by atoms with Gasteiger partial charge in [0.15, 0.2) is 0 Å². The molecule has 0 aliphatic heterocycles. The highest BCUT2D eigenvalue weighted by molar-refractivity contribution is 5.39. The summed E-state index contributed by atoms with van der Waals surface area (Å²) in [4.78, 5) is 4.22. The molecule has 0 aliphatic carbocycles. The fraction of sp³-hybridized carbons (Fsp3) is 0.353. The zero-order valence-corrected chi connectivity index (χ0v) is 12.4. The maximum absolute atomic E-state index is 5.59. The van der Waals surface area contributed by atoms with Crippen LogP contribution >= 0.6 is 0 Å². The second kappa shape index (κ2) is 7.06. The van der Waals surface area contributed by atoms with E-state index in [1.807, 2.05) is 38.5 Å². The Hall–Kier alpha value is -1.87. The van der Waals surface area contributed by atoms with E-state index in [1.54, 1.807) is 0 Å². The van der Waals surface area contributed by atoms with E-state index >= 15 is 0 Å². The van der Waals surface area contributed by atoms with Crippen molar-refractivity contribution in [3.05, 3.63) is 59.4 Å². The number of pyridine rings is 1. The average molecular weight is 270 g/mol. The van der Waals surface area contributed by atoms with E-state index in [0.717, 1.165) is 12.2 Å². The van der Waals surface area contributed by atoms with Crippen LogP contribution in [-0.2, 0) is 6.42 Å². The van der Waals surface area contributed by atoms with Crippen molar-refractivity contribution in [3.63, 3.8) is 0 Å². The van der Waals surface area contributed by atoms with Crippen molar-refractivity contribution in [1.82, 2.24) is 10.3 Å². The smallest absolute Gasteiger partial charge is 0.119 e. The highest BCUT2D eigenvalue weighted by Gasteiger charge is 2.15. The molecule has 0 aliphatic rings. The van der Waals surface area contributed by atoms with Gasteiger partial charge in [0.05, 0.1) is 12.6 Å². The molecule has 2 rings (SSSR count). The number of nitrogens with one attached hydrogen (secondary N) is 1. The molecule has 2 aromatic rings. The Kier molecular flexibility index (Phi) is 5.13. The molecule has 0 bridgehead atoms. The van der Waals surface area contributed by atoms with Gasteiger partial charge in [0, 0.05) is 12.4 Å². The zero-order valence-electron chi connectivity index (χ0n) is 12.4. The summed E-state index contributed by atoms with van der Waals surface area (Å²) in [5.41, 5.74) is 3.76. The second-order valence-corrected chi connectivity index (χ2v) is 4.66. The Balaban J connectivity index is 2.39. The molecule has 0 spiro atoms. The van der Waals surface area contributed by atoms with E-state index < -0.39 is 0 Å². The number of nitrogens with zero attached hydrogens (tertiary/aromatic N) is 1. The third-order valence-corrected chi connectivity index (χ3v) is 3.42. The highest BCUT2D eigenvalue weighted by atomic mass is 16.5. The van der Waals surface area contributed by atoms with Gasteiger partial charge in [-0.25, -0.2) is 0 Å². The number of aromatic nitrogens is 1. The predicted octanol–water partition coefficient (Wildman–Crippen LogP) is 3.35. The van der Waals surface area contributed by atoms with Crippen LogP contribution in [0.3, 0.4) is 0 Å². The number of hydrogen-bond acceptors (Lipinski definition) is 3. The fourth-order valence-electron chi connectivity index (χ4n) is 2.47. The van der Waals surface area contributed by atoms with E-state index in [0.29, 0.717) is 6.61 Å². The summed E-state index contributed by atoms with van der Waals surface area (Å²) < 4.78 is 5.59. The molecule has 1 aromatic carbocycles. The molecule has 106 valence electrons. The van der Waals surface area contributed by atoms with Crippen molar-refractivity contribution in [3.8, 4) is 5.75 Å². The molecule has 0 saturated carbocycles. The number of ether oxygens (including phenoxy) is 1. The third kappa shape index (κ3) is 3.17. The summed E-state index contributed by atoms with van der Waals surface area (Å²) in [6, 6.07) is 10.5. The highest BCUT2D eigenvalue weighted by Crippen LogP contribution is 2.27. The van der Waals surface area contributed by atoms with Gasteiger partial charge >= 0.3 is 0 Å². The molecule has 0 amide bonds. The van der Waals surface area contributed by atoms with Crippen LogP contribution in [0.4, 0.5) is 0 Å². The van der Waals surface area contributed by atoms with Gasteiger partial charge in [0.1, 0.15) is 5.75 Å². The molecular formula is C17H22N2O. The second-order valence-electron chi connectivity index (χ2n) is 4.66. The van der Waals surface area contributed by atoms with Gasteiger partial charge in [0.25, 0.3) is 0 Å². The number of aryl methyl sites for hydroxylation is 1. The quantitative estimate of drug-likeness (QED) is 0.874. The molecule has 1 N–H and O–H groups in total. The largest absolute Gasteiger partial charge is 0.494 e. The van der Waals surface area contributed by atoms with Gasteiger partial charge in [-0.05, 0) is 55.3 Å². The lowest BCUT2D eigenvalue weighted by Gasteiger charge is -2.20. The molecular weight excluding hydrogens is 248 g/mol. The van der Waals surface area contributed by atoms with Crippen LogP contribution in [-0.4, -0.2) is 18.6 Å². The van der Waals surface area contributed by atoms with Crippen LogP contribution in [0.2, 0.25) is 0 Å². The van der Waals surface area contributed by atoms with Gasteiger partial charge in [-0.15, -0.1) is 0 Å². The van der Waals surface area contributed by atoms with Crippen LogP contribution in [0.1, 0.15) is 36.6 Å². The number of hydrogen-bond donors (Lipinski definition) is 1. The summed E-state index contributed by atoms with van der Waals surface area (Å²) in [5, 5.41) is 3.40. The van der Waals surface area contributed by atoms with Crippen LogP contribution < -0.4 is 10.1 Å². The van der Waals surface area contributed by atoms with E-state index in [2.05, 4.69) is 35.4 Å². The molecule has 1 unspecified atom stereocenters. The predicted molar refractivity (Wildman–Crippen MR) is 82.1 cm³/mol. The van der Waals surface area contributed by atoms with Crippen molar-refractivity contribution in [1.29, 1.82) is 0 Å². The minimum absolute atomic E-state index is 0.161. The summed E-state index contributed by atoms with van der Waals surface area (Å²) in [6.45, 7) is 4.84. The Labute approximate surface area is 121 Å². The zero-order chi connectivity index (χ0) is 14.4. The summed E-state index contributed by atoms with van der Waals surface area (Å²) >= 11 is 0. The minimum atomic E-state index is 0.161. The average Bonchev–Trinajstić information content (AvgIpc) is 2.49. The minimum Gasteiger partial charge on any atom is -0.494 e. The van der Waals surface area contributed by atoms with Gasteiger partial charge in [-0.1, -0.05) is 19.1 Å². The Bertz CT molecular complexity index is 554. The lowest BCUT2D eigenvalue weighted by molar-refractivity contribution is 0.339. The normalized spacial score (nSPS) is 12.2. The van der Waals surface area contributed by atoms with Crippen LogP contribution in [0.15, 0.2) is 42.7 Å². The number of rotatable bonds is 6. The van der Waals surface area contributed by atoms with Crippen molar-refractivity contribution >= 4 is 0 Å². The maximum Gasteiger partial charge on any atom is 0.119 e. The third-order valence-electron chi connectivity index (χ3n) is 3.42. The van der Waals surface area contributed by atoms with Crippen molar-refractivity contribution < 1.29 is 4.74 Å². The first-order chi connectivity index (χ1) is 9.80. The summed E-state index contributed by atoms with van der Waals surface area (Å²) in [6.07, 6.45) is 4.78. The summed E-state index contributed by atoms with van der Waals surface area (Å²) in [5.74, 6) is 0.914. The van der Waals surface area contributed by atoms with Crippen LogP contribution in [0.5, 0.6) is 5.75 Å². The molecule has 1 heterocycles. The summed E-state index contributed by atoms with van der Waals surface area (Å²) in [7, 11) is 1.98. The monoisotopic (exact) mass is 270 g/mol. The van der Waals surface area contributed by atoms with E-state index in [4.69, 9.17) is 4.74 Å². The van der Waals surface area contributed by atoms with E-state index in [-0.39, 0.29) is 6.04 Å². The SMILES string of the molecule is CCOc1cccc(C(NC)c2ccncc2CC)c1. The van der Waals surface area contributed by atoms with Gasteiger partial charge in [-0.3, -0.25) is 4.98 Å². The van der Waals surface area contributed by atoms with Crippen molar-refractivity contribution in [2.45, 2.75) is 26.3 Å². The first kappa shape index (κ1) is 14.5. The maximum atomic E-state index is 5.59. The lowest BCUT2D eigenvalue weighted by Crippen LogP contribution is -2.19. The van der Waals surface area contributed by atoms with Gasteiger partial charge in [0.2, 0.25) is 0 Å². The van der Waals surface area contributed by atoms with E-state index in [9.17, 15) is 0 Å². The topological polar surface area (TPSA) is 34.1 Å². The molecule has 0 saturated heterocycles. The van der Waals surface area contributed by atoms with Gasteiger partial charge < -0.3 is 10.1 Å². The van der Waals surface area contributed by atoms with Crippen LogP contribution in [0.25, 0.3) is 0 Å². The van der Waals surface area contributed by atoms with Crippen molar-refractivity contribution in [2.24, 2.45) is 0 Å². The first-order valence-electron chi connectivity index (χ1n) is 7.13. The lowest BCUT2D eigenvalue weighted by atomic mass is 9.95. The molecule has 3 nitrogen and oxygen atoms in total. The molecule has 3 heteroatoms. The fourth-order valence-corrected chi connectivity index (χ4v) is 2.47. The van der Waals surface area contributed by atoms with Crippen molar-refractivity contribution in [2.75, 3.05) is 13.7 Å². The Morgan fingerprint density at radius 3 is 2.80 bits per heavy atom. The molecule has 1 atom stereocenters. The molecule has 0 fully saturated rings. The number of benzene rings is 1. The Morgan fingerprint density at radius 1 is 1.25 bits per heavy atom. The van der Waals surface area contributed by atoms with Gasteiger partial charge in [-0.2, -0.15) is 0 Å². The molecule has 20 heavy (non-hydrogen) atoms. The standard InChI is InChI=1S/C17H22N2O/c1-4-13-12-19-10-9-16(13)17(18-3)14-7-6-8-15(11-14)20-5-2/h6-12,17-18H,4-5H2,1-3H3. The molecule has 0 radical (unpaired) electrons. The Morgan fingerprint density at radius 2 is 2.10 bits per heavy atom.